The largest absolute Gasteiger partial charge is 0.376 e. The molecule has 10 heteroatoms. The van der Waals surface area contributed by atoms with E-state index in [1.807, 2.05) is 26.0 Å². The van der Waals surface area contributed by atoms with Crippen molar-refractivity contribution in [3.05, 3.63) is 63.7 Å². The molecule has 2 aliphatic rings. The fourth-order valence-corrected chi connectivity index (χ4v) is 5.26. The van der Waals surface area contributed by atoms with Crippen LogP contribution in [0.15, 0.2) is 47.5 Å². The Morgan fingerprint density at radius 1 is 1.26 bits per heavy atom. The van der Waals surface area contributed by atoms with Crippen LogP contribution in [-0.4, -0.2) is 51.3 Å². The number of nitro groups is 1. The van der Waals surface area contributed by atoms with E-state index in [4.69, 9.17) is 9.73 Å². The fourth-order valence-electron chi connectivity index (χ4n) is 4.09. The fraction of sp³-hybridized carbons (Fsp3) is 0.375. The predicted molar refractivity (Wildman–Crippen MR) is 131 cm³/mol. The Balaban J connectivity index is 1.51. The number of carbonyl (C=O) groups is 2. The molecule has 2 heterocycles. The second-order valence-corrected chi connectivity index (χ2v) is 9.66. The van der Waals surface area contributed by atoms with Crippen LogP contribution < -0.4 is 5.32 Å². The molecular formula is C24H26N4O5S. The summed E-state index contributed by atoms with van der Waals surface area (Å²) >= 11 is 1.27. The lowest BCUT2D eigenvalue weighted by Gasteiger charge is -2.20. The Labute approximate surface area is 201 Å². The smallest absolute Gasteiger partial charge is 0.271 e. The van der Waals surface area contributed by atoms with Crippen LogP contribution in [0.5, 0.6) is 0 Å². The van der Waals surface area contributed by atoms with Gasteiger partial charge in [-0.3, -0.25) is 24.6 Å². The molecule has 0 aromatic heterocycles. The van der Waals surface area contributed by atoms with Crippen molar-refractivity contribution in [1.82, 2.24) is 4.90 Å². The maximum absolute atomic E-state index is 13.3. The number of anilines is 1. The number of non-ortho nitro benzene ring substituents is 1. The van der Waals surface area contributed by atoms with Crippen LogP contribution in [-0.2, 0) is 14.3 Å². The molecule has 34 heavy (non-hydrogen) atoms. The summed E-state index contributed by atoms with van der Waals surface area (Å²) in [7, 11) is 0. The SMILES string of the molecule is Cc1cc(C)cc(N=C2SC(CC(=O)Nc3cccc([N+](=O)[O-])c3)C(=O)N2CC2CCCO2)c1. The van der Waals surface area contributed by atoms with E-state index in [1.165, 1.54) is 30.0 Å². The van der Waals surface area contributed by atoms with Crippen LogP contribution in [0.1, 0.15) is 30.4 Å². The molecule has 2 aromatic rings. The number of nitrogens with one attached hydrogen (secondary N) is 1. The van der Waals surface area contributed by atoms with Gasteiger partial charge in [-0.25, -0.2) is 4.99 Å². The predicted octanol–water partition coefficient (Wildman–Crippen LogP) is 4.35. The molecule has 2 aliphatic heterocycles. The molecule has 0 aliphatic carbocycles. The molecule has 4 rings (SSSR count). The third-order valence-electron chi connectivity index (χ3n) is 5.57. The molecule has 1 N–H and O–H groups in total. The van der Waals surface area contributed by atoms with E-state index in [0.29, 0.717) is 24.0 Å². The summed E-state index contributed by atoms with van der Waals surface area (Å²) in [6.45, 7) is 5.07. The first-order valence-corrected chi connectivity index (χ1v) is 12.0. The third-order valence-corrected chi connectivity index (χ3v) is 6.75. The molecule has 2 saturated heterocycles. The first kappa shape index (κ1) is 23.9. The summed E-state index contributed by atoms with van der Waals surface area (Å²) < 4.78 is 5.73. The van der Waals surface area contributed by atoms with Crippen molar-refractivity contribution in [2.24, 2.45) is 4.99 Å². The third kappa shape index (κ3) is 5.81. The van der Waals surface area contributed by atoms with Gasteiger partial charge in [0, 0.05) is 30.8 Å². The average molecular weight is 483 g/mol. The van der Waals surface area contributed by atoms with Crippen molar-refractivity contribution in [3.8, 4) is 0 Å². The lowest BCUT2D eigenvalue weighted by atomic mass is 10.1. The molecule has 0 bridgehead atoms. The van der Waals surface area contributed by atoms with Crippen molar-refractivity contribution in [3.63, 3.8) is 0 Å². The van der Waals surface area contributed by atoms with Gasteiger partial charge in [0.15, 0.2) is 5.17 Å². The Morgan fingerprint density at radius 3 is 2.71 bits per heavy atom. The van der Waals surface area contributed by atoms with E-state index in [1.54, 1.807) is 11.0 Å². The van der Waals surface area contributed by atoms with Gasteiger partial charge in [0.1, 0.15) is 5.25 Å². The number of ether oxygens (including phenoxy) is 1. The normalized spacial score (nSPS) is 21.3. The molecule has 0 saturated carbocycles. The highest BCUT2D eigenvalue weighted by molar-refractivity contribution is 8.15. The van der Waals surface area contributed by atoms with Crippen LogP contribution >= 0.6 is 11.8 Å². The van der Waals surface area contributed by atoms with Crippen LogP contribution in [0.3, 0.4) is 0 Å². The number of amides is 2. The molecule has 2 atom stereocenters. The highest BCUT2D eigenvalue weighted by Crippen LogP contribution is 2.33. The van der Waals surface area contributed by atoms with E-state index < -0.39 is 16.1 Å². The summed E-state index contributed by atoms with van der Waals surface area (Å²) in [6.07, 6.45) is 1.72. The molecular weight excluding hydrogens is 456 g/mol. The van der Waals surface area contributed by atoms with Gasteiger partial charge in [0.2, 0.25) is 11.8 Å². The topological polar surface area (TPSA) is 114 Å². The highest BCUT2D eigenvalue weighted by Gasteiger charge is 2.40. The number of aliphatic imine (C=N–C) groups is 1. The van der Waals surface area contributed by atoms with Gasteiger partial charge in [0.25, 0.3) is 5.69 Å². The maximum atomic E-state index is 13.3. The van der Waals surface area contributed by atoms with Crippen molar-refractivity contribution in [2.75, 3.05) is 18.5 Å². The Morgan fingerprint density at radius 2 is 2.03 bits per heavy atom. The number of thioether (sulfide) groups is 1. The van der Waals surface area contributed by atoms with Crippen molar-refractivity contribution < 1.29 is 19.2 Å². The zero-order valence-corrected chi connectivity index (χ0v) is 19.8. The minimum atomic E-state index is -0.634. The Hall–Kier alpha value is -3.24. The molecule has 2 fully saturated rings. The van der Waals surface area contributed by atoms with Gasteiger partial charge in [-0.2, -0.15) is 0 Å². The van der Waals surface area contributed by atoms with Crippen LogP contribution in [0.2, 0.25) is 0 Å². The number of carbonyl (C=O) groups excluding carboxylic acids is 2. The number of aryl methyl sites for hydroxylation is 2. The summed E-state index contributed by atoms with van der Waals surface area (Å²) in [5, 5.41) is 13.6. The van der Waals surface area contributed by atoms with Gasteiger partial charge in [0.05, 0.1) is 23.3 Å². The Bertz CT molecular complexity index is 1130. The second-order valence-electron chi connectivity index (χ2n) is 8.49. The molecule has 0 radical (unpaired) electrons. The number of hydrogen-bond donors (Lipinski definition) is 1. The van der Waals surface area contributed by atoms with E-state index in [-0.39, 0.29) is 24.1 Å². The van der Waals surface area contributed by atoms with Crippen LogP contribution in [0.25, 0.3) is 0 Å². The van der Waals surface area contributed by atoms with Crippen LogP contribution in [0.4, 0.5) is 17.1 Å². The highest BCUT2D eigenvalue weighted by atomic mass is 32.2. The second kappa shape index (κ2) is 10.4. The minimum absolute atomic E-state index is 0.0496. The number of rotatable bonds is 7. The molecule has 178 valence electrons. The maximum Gasteiger partial charge on any atom is 0.271 e. The minimum Gasteiger partial charge on any atom is -0.376 e. The number of hydrogen-bond acceptors (Lipinski definition) is 7. The number of amidine groups is 1. The quantitative estimate of drug-likeness (QED) is 0.464. The van der Waals surface area contributed by atoms with Gasteiger partial charge < -0.3 is 10.1 Å². The van der Waals surface area contributed by atoms with Crippen LogP contribution in [0, 0.1) is 24.0 Å². The summed E-state index contributed by atoms with van der Waals surface area (Å²) in [4.78, 5) is 42.8. The van der Waals surface area contributed by atoms with Crippen molar-refractivity contribution in [2.45, 2.75) is 44.5 Å². The summed E-state index contributed by atoms with van der Waals surface area (Å²) in [5.41, 5.74) is 3.11. The van der Waals surface area contributed by atoms with Crippen molar-refractivity contribution in [1.29, 1.82) is 0 Å². The standard InChI is InChI=1S/C24H26N4O5S/c1-15-9-16(2)11-18(10-15)26-24-27(14-20-7-4-8-33-20)23(30)21(34-24)13-22(29)25-17-5-3-6-19(12-17)28(31)32/h3,5-6,9-12,20-21H,4,7-8,13-14H2,1-2H3,(H,25,29). The van der Waals surface area contributed by atoms with E-state index in [9.17, 15) is 19.7 Å². The van der Waals surface area contributed by atoms with Gasteiger partial charge in [-0.15, -0.1) is 0 Å². The molecule has 2 amide bonds. The number of benzene rings is 2. The van der Waals surface area contributed by atoms with E-state index >= 15 is 0 Å². The summed E-state index contributed by atoms with van der Waals surface area (Å²) in [5.74, 6) is -0.575. The number of nitro benzene ring substituents is 1. The monoisotopic (exact) mass is 482 g/mol. The van der Waals surface area contributed by atoms with E-state index in [0.717, 1.165) is 29.7 Å². The van der Waals surface area contributed by atoms with Gasteiger partial charge >= 0.3 is 0 Å². The zero-order chi connectivity index (χ0) is 24.2. The first-order valence-electron chi connectivity index (χ1n) is 11.1. The Kier molecular flexibility index (Phi) is 7.28. The van der Waals surface area contributed by atoms with Gasteiger partial charge in [-0.05, 0) is 56.0 Å². The molecule has 9 nitrogen and oxygen atoms in total. The lowest BCUT2D eigenvalue weighted by molar-refractivity contribution is -0.384. The lowest BCUT2D eigenvalue weighted by Crippen LogP contribution is -2.38. The first-order chi connectivity index (χ1) is 16.3. The van der Waals surface area contributed by atoms with Gasteiger partial charge in [-0.1, -0.05) is 23.9 Å². The molecule has 2 aromatic carbocycles. The average Bonchev–Trinajstić information content (AvgIpc) is 3.37. The molecule has 0 spiro atoms. The zero-order valence-electron chi connectivity index (χ0n) is 19.0. The summed E-state index contributed by atoms with van der Waals surface area (Å²) in [6, 6.07) is 11.7. The number of nitrogens with zero attached hydrogens (tertiary/aromatic N) is 3. The van der Waals surface area contributed by atoms with Crippen molar-refractivity contribution >= 4 is 45.8 Å². The molecule has 2 unspecified atom stereocenters. The van der Waals surface area contributed by atoms with E-state index in [2.05, 4.69) is 11.4 Å².